The molecule has 0 saturated carbocycles. The molecule has 0 spiro atoms. The summed E-state index contributed by atoms with van der Waals surface area (Å²) in [6, 6.07) is 17.9. The molecule has 1 amide bonds. The van der Waals surface area contributed by atoms with Crippen molar-refractivity contribution < 1.29 is 17.9 Å². The van der Waals surface area contributed by atoms with Crippen LogP contribution in [0, 0.1) is 6.92 Å². The lowest BCUT2D eigenvalue weighted by atomic mass is 10.1. The van der Waals surface area contributed by atoms with E-state index >= 15 is 0 Å². The van der Waals surface area contributed by atoms with Crippen molar-refractivity contribution in [3.05, 3.63) is 83.7 Å². The lowest BCUT2D eigenvalue weighted by Gasteiger charge is -2.24. The number of nitrogens with zero attached hydrogens (tertiary/aromatic N) is 4. The summed E-state index contributed by atoms with van der Waals surface area (Å²) >= 11 is 0. The highest BCUT2D eigenvalue weighted by atomic mass is 32.2. The van der Waals surface area contributed by atoms with E-state index in [0.717, 1.165) is 9.99 Å². The fourth-order valence-corrected chi connectivity index (χ4v) is 4.19. The Morgan fingerprint density at radius 3 is 2.47 bits per heavy atom. The van der Waals surface area contributed by atoms with Crippen molar-refractivity contribution in [2.75, 3.05) is 19.5 Å². The number of para-hydroxylation sites is 2. The number of aryl methyl sites for hydroxylation is 1. The second-order valence-corrected chi connectivity index (χ2v) is 8.65. The number of hydrogen-bond donors (Lipinski definition) is 1. The first-order valence-corrected chi connectivity index (χ1v) is 11.1. The first-order chi connectivity index (χ1) is 15.3. The van der Waals surface area contributed by atoms with E-state index in [1.165, 1.54) is 20.2 Å². The Morgan fingerprint density at radius 2 is 1.75 bits per heavy atom. The standard InChI is InChI=1S/C22H21N5O4S/c1-15-13-21(27(24-15)16-9-5-4-6-10-16)23-22(28)19-14-18(25-32(29,30)26(19)2)17-11-7-8-12-20(17)31-3/h4-14H,1-3H3,(H,23,28). The maximum Gasteiger partial charge on any atom is 0.345 e. The summed E-state index contributed by atoms with van der Waals surface area (Å²) in [5.41, 5.74) is 1.93. The molecule has 32 heavy (non-hydrogen) atoms. The molecule has 1 aliphatic heterocycles. The van der Waals surface area contributed by atoms with E-state index in [-0.39, 0.29) is 11.4 Å². The third kappa shape index (κ3) is 4.00. The molecule has 2 heterocycles. The second-order valence-electron chi connectivity index (χ2n) is 7.02. The number of allylic oxidation sites excluding steroid dienone is 1. The maximum atomic E-state index is 13.2. The van der Waals surface area contributed by atoms with Crippen molar-refractivity contribution in [1.29, 1.82) is 0 Å². The molecule has 1 aliphatic rings. The number of amides is 1. The Morgan fingerprint density at radius 1 is 1.06 bits per heavy atom. The van der Waals surface area contributed by atoms with Crippen LogP contribution in [-0.4, -0.2) is 48.3 Å². The molecule has 10 heteroatoms. The van der Waals surface area contributed by atoms with Crippen LogP contribution in [0.5, 0.6) is 5.75 Å². The third-order valence-electron chi connectivity index (χ3n) is 4.86. The molecule has 164 valence electrons. The fourth-order valence-electron chi connectivity index (χ4n) is 3.28. The van der Waals surface area contributed by atoms with E-state index in [1.807, 2.05) is 30.3 Å². The van der Waals surface area contributed by atoms with Crippen molar-refractivity contribution in [2.24, 2.45) is 4.40 Å². The third-order valence-corrected chi connectivity index (χ3v) is 6.18. The van der Waals surface area contributed by atoms with Crippen LogP contribution in [0.1, 0.15) is 11.3 Å². The zero-order valence-electron chi connectivity index (χ0n) is 17.7. The number of methoxy groups -OCH3 is 1. The van der Waals surface area contributed by atoms with Crippen LogP contribution >= 0.6 is 0 Å². The number of ether oxygens (including phenoxy) is 1. The number of rotatable bonds is 5. The summed E-state index contributed by atoms with van der Waals surface area (Å²) in [6.45, 7) is 1.80. The van der Waals surface area contributed by atoms with Gasteiger partial charge in [0.1, 0.15) is 17.3 Å². The van der Waals surface area contributed by atoms with E-state index in [9.17, 15) is 13.2 Å². The number of likely N-dealkylation sites (N-methyl/N-ethyl adjacent to an activating group) is 1. The predicted octanol–water partition coefficient (Wildman–Crippen LogP) is 2.69. The highest BCUT2D eigenvalue weighted by Gasteiger charge is 2.31. The summed E-state index contributed by atoms with van der Waals surface area (Å²) < 4.78 is 37.0. The van der Waals surface area contributed by atoms with Gasteiger partial charge >= 0.3 is 10.2 Å². The number of benzene rings is 2. The molecule has 0 saturated heterocycles. The number of anilines is 1. The van der Waals surface area contributed by atoms with Crippen molar-refractivity contribution in [1.82, 2.24) is 14.1 Å². The summed E-state index contributed by atoms with van der Waals surface area (Å²) in [6.07, 6.45) is 1.42. The zero-order valence-corrected chi connectivity index (χ0v) is 18.5. The fraction of sp³-hybridized carbons (Fsp3) is 0.136. The quantitative estimate of drug-likeness (QED) is 0.642. The van der Waals surface area contributed by atoms with Crippen LogP contribution in [0.4, 0.5) is 5.82 Å². The molecule has 3 aromatic rings. The van der Waals surface area contributed by atoms with Gasteiger partial charge in [0.05, 0.1) is 24.2 Å². The van der Waals surface area contributed by atoms with Gasteiger partial charge in [0.2, 0.25) is 0 Å². The molecule has 0 bridgehead atoms. The van der Waals surface area contributed by atoms with Gasteiger partial charge < -0.3 is 10.1 Å². The molecular formula is C22H21N5O4S. The number of hydrogen-bond acceptors (Lipinski definition) is 5. The van der Waals surface area contributed by atoms with Gasteiger partial charge in [-0.05, 0) is 37.3 Å². The normalized spacial score (nSPS) is 15.0. The average Bonchev–Trinajstić information content (AvgIpc) is 3.15. The van der Waals surface area contributed by atoms with Crippen LogP contribution < -0.4 is 10.1 Å². The lowest BCUT2D eigenvalue weighted by Crippen LogP contribution is -2.36. The first kappa shape index (κ1) is 21.3. The Balaban J connectivity index is 1.72. The highest BCUT2D eigenvalue weighted by molar-refractivity contribution is 7.88. The van der Waals surface area contributed by atoms with Gasteiger partial charge in [-0.25, -0.2) is 8.99 Å². The van der Waals surface area contributed by atoms with E-state index in [1.54, 1.807) is 41.9 Å². The van der Waals surface area contributed by atoms with Crippen LogP contribution in [0.15, 0.2) is 76.8 Å². The Labute approximate surface area is 185 Å². The van der Waals surface area contributed by atoms with E-state index in [0.29, 0.717) is 22.8 Å². The number of nitrogens with one attached hydrogen (secondary N) is 1. The van der Waals surface area contributed by atoms with Gasteiger partial charge in [0.15, 0.2) is 0 Å². The molecule has 0 unspecified atom stereocenters. The van der Waals surface area contributed by atoms with Crippen LogP contribution in [0.2, 0.25) is 0 Å². The maximum absolute atomic E-state index is 13.2. The molecule has 1 N–H and O–H groups in total. The lowest BCUT2D eigenvalue weighted by molar-refractivity contribution is -0.113. The summed E-state index contributed by atoms with van der Waals surface area (Å²) in [5.74, 6) is 0.238. The van der Waals surface area contributed by atoms with Crippen molar-refractivity contribution >= 4 is 27.6 Å². The van der Waals surface area contributed by atoms with Crippen molar-refractivity contribution in [2.45, 2.75) is 6.92 Å². The molecule has 9 nitrogen and oxygen atoms in total. The van der Waals surface area contributed by atoms with Gasteiger partial charge in [0, 0.05) is 18.7 Å². The number of carbonyl (C=O) groups is 1. The van der Waals surface area contributed by atoms with Gasteiger partial charge in [-0.2, -0.15) is 13.5 Å². The molecule has 0 aliphatic carbocycles. The predicted molar refractivity (Wildman–Crippen MR) is 121 cm³/mol. The molecule has 2 aromatic carbocycles. The van der Waals surface area contributed by atoms with Gasteiger partial charge in [-0.15, -0.1) is 4.40 Å². The Bertz CT molecular complexity index is 1340. The summed E-state index contributed by atoms with van der Waals surface area (Å²) in [7, 11) is -1.35. The SMILES string of the molecule is COc1ccccc1C1=NS(=O)(=O)N(C)C(C(=O)Nc2cc(C)nn2-c2ccccc2)=C1. The Hall–Kier alpha value is -3.92. The molecule has 0 atom stereocenters. The smallest absolute Gasteiger partial charge is 0.345 e. The highest BCUT2D eigenvalue weighted by Crippen LogP contribution is 2.26. The topological polar surface area (TPSA) is 106 Å². The van der Waals surface area contributed by atoms with Crippen LogP contribution in [-0.2, 0) is 15.0 Å². The van der Waals surface area contributed by atoms with Gasteiger partial charge in [-0.1, -0.05) is 30.3 Å². The van der Waals surface area contributed by atoms with Gasteiger partial charge in [-0.3, -0.25) is 4.79 Å². The van der Waals surface area contributed by atoms with Crippen molar-refractivity contribution in [3.63, 3.8) is 0 Å². The molecule has 4 rings (SSSR count). The molecular weight excluding hydrogens is 430 g/mol. The molecule has 0 fully saturated rings. The van der Waals surface area contributed by atoms with Gasteiger partial charge in [0.25, 0.3) is 5.91 Å². The summed E-state index contributed by atoms with van der Waals surface area (Å²) in [5, 5.41) is 7.19. The first-order valence-electron chi connectivity index (χ1n) is 9.67. The molecule has 0 radical (unpaired) electrons. The second kappa shape index (κ2) is 8.31. The molecule has 1 aromatic heterocycles. The van der Waals surface area contributed by atoms with E-state index < -0.39 is 16.1 Å². The minimum atomic E-state index is -4.11. The Kier molecular flexibility index (Phi) is 5.54. The minimum absolute atomic E-state index is 0.0839. The van der Waals surface area contributed by atoms with Crippen LogP contribution in [0.3, 0.4) is 0 Å². The monoisotopic (exact) mass is 451 g/mol. The van der Waals surface area contributed by atoms with Crippen LogP contribution in [0.25, 0.3) is 5.69 Å². The zero-order chi connectivity index (χ0) is 22.9. The van der Waals surface area contributed by atoms with Crippen molar-refractivity contribution in [3.8, 4) is 11.4 Å². The number of aromatic nitrogens is 2. The summed E-state index contributed by atoms with van der Waals surface area (Å²) in [4.78, 5) is 13.2. The average molecular weight is 452 g/mol. The van der Waals surface area contributed by atoms with E-state index in [4.69, 9.17) is 4.74 Å². The van der Waals surface area contributed by atoms with E-state index in [2.05, 4.69) is 14.8 Å². The number of carbonyl (C=O) groups excluding carboxylic acids is 1. The largest absolute Gasteiger partial charge is 0.496 e. The minimum Gasteiger partial charge on any atom is -0.496 e.